The lowest BCUT2D eigenvalue weighted by Gasteiger charge is -2.32. The van der Waals surface area contributed by atoms with Crippen molar-refractivity contribution in [1.82, 2.24) is 24.9 Å². The number of nitrogens with one attached hydrogen (secondary N) is 1. The summed E-state index contributed by atoms with van der Waals surface area (Å²) >= 11 is 0. The summed E-state index contributed by atoms with van der Waals surface area (Å²) in [5.41, 5.74) is 6.97. The molecular weight excluding hydrogens is 322 g/mol. The second-order valence-electron chi connectivity index (χ2n) is 5.84. The number of rotatable bonds is 4. The Labute approximate surface area is 143 Å². The van der Waals surface area contributed by atoms with Gasteiger partial charge in [-0.05, 0) is 6.07 Å². The highest BCUT2D eigenvalue weighted by atomic mass is 16.5. The lowest BCUT2D eigenvalue weighted by molar-refractivity contribution is 0.0994. The summed E-state index contributed by atoms with van der Waals surface area (Å²) in [7, 11) is 0. The normalized spacial score (nSPS) is 15.4. The van der Waals surface area contributed by atoms with Crippen LogP contribution >= 0.6 is 0 Å². The number of aromatic nitrogens is 5. The Kier molecular flexibility index (Phi) is 3.88. The van der Waals surface area contributed by atoms with Crippen LogP contribution in [-0.4, -0.2) is 50.0 Å². The number of piperidine rings is 1. The molecule has 0 atom stereocenters. The minimum absolute atomic E-state index is 0.0680. The van der Waals surface area contributed by atoms with Crippen LogP contribution in [0.3, 0.4) is 0 Å². The maximum absolute atomic E-state index is 11.2. The molecule has 0 aliphatic carbocycles. The van der Waals surface area contributed by atoms with Crippen molar-refractivity contribution in [1.29, 1.82) is 0 Å². The molecule has 25 heavy (non-hydrogen) atoms. The summed E-state index contributed by atoms with van der Waals surface area (Å²) in [4.78, 5) is 33.1. The summed E-state index contributed by atoms with van der Waals surface area (Å²) in [5.74, 6) is 0.911. The second kappa shape index (κ2) is 6.34. The van der Waals surface area contributed by atoms with Crippen molar-refractivity contribution >= 4 is 22.9 Å². The molecule has 0 saturated carbocycles. The number of carbonyl (C=O) groups is 1. The van der Waals surface area contributed by atoms with Crippen molar-refractivity contribution in [3.05, 3.63) is 36.7 Å². The van der Waals surface area contributed by atoms with Gasteiger partial charge in [-0.1, -0.05) is 0 Å². The molecular formula is C16H17N7O2. The van der Waals surface area contributed by atoms with Crippen LogP contribution in [0.25, 0.3) is 11.2 Å². The fraction of sp³-hybridized carbons (Fsp3) is 0.312. The van der Waals surface area contributed by atoms with E-state index in [1.807, 2.05) is 0 Å². The van der Waals surface area contributed by atoms with E-state index in [-0.39, 0.29) is 11.8 Å². The van der Waals surface area contributed by atoms with Gasteiger partial charge in [0.1, 0.15) is 29.4 Å². The van der Waals surface area contributed by atoms with Gasteiger partial charge in [0.2, 0.25) is 0 Å². The Bertz CT molecular complexity index is 902. The molecule has 128 valence electrons. The Morgan fingerprint density at radius 2 is 2.08 bits per heavy atom. The van der Waals surface area contributed by atoms with E-state index in [0.29, 0.717) is 11.4 Å². The van der Waals surface area contributed by atoms with E-state index in [0.717, 1.165) is 37.3 Å². The van der Waals surface area contributed by atoms with E-state index in [1.165, 1.54) is 12.5 Å². The van der Waals surface area contributed by atoms with Gasteiger partial charge in [0, 0.05) is 38.2 Å². The van der Waals surface area contributed by atoms with Crippen LogP contribution < -0.4 is 15.4 Å². The minimum Gasteiger partial charge on any atom is -0.490 e. The number of nitrogens with two attached hydrogens (primary N) is 1. The Morgan fingerprint density at radius 3 is 2.88 bits per heavy atom. The van der Waals surface area contributed by atoms with Gasteiger partial charge in [0.05, 0.1) is 6.33 Å². The Morgan fingerprint density at radius 1 is 1.24 bits per heavy atom. The lowest BCUT2D eigenvalue weighted by atomic mass is 10.1. The highest BCUT2D eigenvalue weighted by Crippen LogP contribution is 2.25. The van der Waals surface area contributed by atoms with E-state index in [2.05, 4.69) is 29.8 Å². The third-order valence-corrected chi connectivity index (χ3v) is 4.23. The molecule has 0 radical (unpaired) electrons. The number of fused-ring (bicyclic) bond motifs is 1. The minimum atomic E-state index is -0.562. The van der Waals surface area contributed by atoms with Crippen molar-refractivity contribution < 1.29 is 9.53 Å². The molecule has 1 aliphatic heterocycles. The van der Waals surface area contributed by atoms with E-state index in [4.69, 9.17) is 10.5 Å². The van der Waals surface area contributed by atoms with Crippen LogP contribution in [-0.2, 0) is 0 Å². The zero-order valence-electron chi connectivity index (χ0n) is 13.4. The topological polar surface area (TPSA) is 123 Å². The SMILES string of the molecule is NC(=O)c1cc(OC2CCN(c3ncnc4nc[nH]c34)CC2)ccn1. The number of ether oxygens (including phenoxy) is 1. The van der Waals surface area contributed by atoms with Crippen LogP contribution in [0.15, 0.2) is 31.0 Å². The summed E-state index contributed by atoms with van der Waals surface area (Å²) in [5, 5.41) is 0. The van der Waals surface area contributed by atoms with Crippen molar-refractivity contribution in [3.63, 3.8) is 0 Å². The number of hydrogen-bond donors (Lipinski definition) is 2. The number of pyridine rings is 1. The van der Waals surface area contributed by atoms with Crippen LogP contribution in [0.1, 0.15) is 23.3 Å². The van der Waals surface area contributed by atoms with Crippen molar-refractivity contribution in [2.75, 3.05) is 18.0 Å². The van der Waals surface area contributed by atoms with Crippen LogP contribution in [0, 0.1) is 0 Å². The van der Waals surface area contributed by atoms with E-state index in [9.17, 15) is 4.79 Å². The number of primary amides is 1. The number of amides is 1. The Balaban J connectivity index is 1.42. The average Bonchev–Trinajstić information content (AvgIpc) is 3.11. The number of nitrogens with zero attached hydrogens (tertiary/aromatic N) is 5. The standard InChI is InChI=1S/C16H17N7O2/c17-14(24)12-7-11(1-4-18-12)25-10-2-5-23(6-3-10)16-13-15(20-8-19-13)21-9-22-16/h1,4,7-10H,2-3,5-6H2,(H2,17,24)(H,19,20,21,22). The molecule has 0 spiro atoms. The van der Waals surface area contributed by atoms with E-state index < -0.39 is 5.91 Å². The quantitative estimate of drug-likeness (QED) is 0.723. The van der Waals surface area contributed by atoms with Gasteiger partial charge in [0.25, 0.3) is 5.91 Å². The van der Waals surface area contributed by atoms with Crippen LogP contribution in [0.5, 0.6) is 5.75 Å². The summed E-state index contributed by atoms with van der Waals surface area (Å²) in [6.07, 6.45) is 6.43. The molecule has 4 rings (SSSR count). The fourth-order valence-electron chi connectivity index (χ4n) is 2.99. The Hall–Kier alpha value is -3.23. The smallest absolute Gasteiger partial charge is 0.267 e. The first-order chi connectivity index (χ1) is 12.2. The monoisotopic (exact) mass is 339 g/mol. The second-order valence-corrected chi connectivity index (χ2v) is 5.84. The maximum Gasteiger partial charge on any atom is 0.267 e. The molecule has 9 heteroatoms. The summed E-state index contributed by atoms with van der Waals surface area (Å²) in [6, 6.07) is 3.31. The molecule has 1 fully saturated rings. The molecule has 4 heterocycles. The molecule has 3 N–H and O–H groups in total. The highest BCUT2D eigenvalue weighted by Gasteiger charge is 2.23. The zero-order valence-corrected chi connectivity index (χ0v) is 13.4. The predicted molar refractivity (Wildman–Crippen MR) is 90.3 cm³/mol. The molecule has 1 amide bonds. The van der Waals surface area contributed by atoms with Crippen LogP contribution in [0.4, 0.5) is 5.82 Å². The summed E-state index contributed by atoms with van der Waals surface area (Å²) < 4.78 is 5.98. The van der Waals surface area contributed by atoms with Gasteiger partial charge in [-0.15, -0.1) is 0 Å². The zero-order chi connectivity index (χ0) is 17.2. The molecule has 3 aromatic heterocycles. The average molecular weight is 339 g/mol. The number of imidazole rings is 1. The first-order valence-corrected chi connectivity index (χ1v) is 8.02. The number of aromatic amines is 1. The van der Waals surface area contributed by atoms with Crippen molar-refractivity contribution in [3.8, 4) is 5.75 Å². The summed E-state index contributed by atoms with van der Waals surface area (Å²) in [6.45, 7) is 1.62. The van der Waals surface area contributed by atoms with Crippen molar-refractivity contribution in [2.24, 2.45) is 5.73 Å². The molecule has 0 aromatic carbocycles. The third-order valence-electron chi connectivity index (χ3n) is 4.23. The number of anilines is 1. The molecule has 0 bridgehead atoms. The molecule has 0 unspecified atom stereocenters. The predicted octanol–water partition coefficient (Wildman–Crippen LogP) is 0.895. The maximum atomic E-state index is 11.2. The lowest BCUT2D eigenvalue weighted by Crippen LogP contribution is -2.38. The van der Waals surface area contributed by atoms with Crippen LogP contribution in [0.2, 0.25) is 0 Å². The van der Waals surface area contributed by atoms with Gasteiger partial charge in [-0.3, -0.25) is 9.78 Å². The number of hydrogen-bond acceptors (Lipinski definition) is 7. The van der Waals surface area contributed by atoms with Gasteiger partial charge in [-0.25, -0.2) is 15.0 Å². The van der Waals surface area contributed by atoms with E-state index >= 15 is 0 Å². The van der Waals surface area contributed by atoms with Crippen molar-refractivity contribution in [2.45, 2.75) is 18.9 Å². The largest absolute Gasteiger partial charge is 0.490 e. The fourth-order valence-corrected chi connectivity index (χ4v) is 2.99. The first kappa shape index (κ1) is 15.3. The number of carbonyl (C=O) groups excluding carboxylic acids is 1. The molecule has 1 aliphatic rings. The molecule has 9 nitrogen and oxygen atoms in total. The van der Waals surface area contributed by atoms with E-state index in [1.54, 1.807) is 18.5 Å². The molecule has 3 aromatic rings. The third kappa shape index (κ3) is 3.08. The van der Waals surface area contributed by atoms with Gasteiger partial charge in [0.15, 0.2) is 11.5 Å². The van der Waals surface area contributed by atoms with Gasteiger partial charge in [-0.2, -0.15) is 0 Å². The number of H-pyrrole nitrogens is 1. The highest BCUT2D eigenvalue weighted by molar-refractivity contribution is 5.91. The first-order valence-electron chi connectivity index (χ1n) is 8.02. The van der Waals surface area contributed by atoms with Gasteiger partial charge < -0.3 is 20.4 Å². The van der Waals surface area contributed by atoms with Gasteiger partial charge >= 0.3 is 0 Å². The molecule has 1 saturated heterocycles.